The minimum absolute atomic E-state index is 0.220. The van der Waals surface area contributed by atoms with Crippen molar-refractivity contribution in [2.45, 2.75) is 18.7 Å². The minimum atomic E-state index is -3.44. The first kappa shape index (κ1) is 12.9. The van der Waals surface area contributed by atoms with Crippen molar-refractivity contribution in [1.29, 1.82) is 0 Å². The summed E-state index contributed by atoms with van der Waals surface area (Å²) in [6.07, 6.45) is 2.85. The Kier molecular flexibility index (Phi) is 3.88. The largest absolute Gasteiger partial charge is 0.274 e. The van der Waals surface area contributed by atoms with Gasteiger partial charge in [-0.2, -0.15) is 9.40 Å². The maximum absolute atomic E-state index is 12.1. The van der Waals surface area contributed by atoms with E-state index in [-0.39, 0.29) is 4.90 Å². The molecule has 6 heteroatoms. The van der Waals surface area contributed by atoms with Crippen LogP contribution in [0.1, 0.15) is 13.8 Å². The van der Waals surface area contributed by atoms with Crippen LogP contribution in [-0.2, 0) is 17.1 Å². The Morgan fingerprint density at radius 2 is 2.25 bits per heavy atom. The molecule has 0 aromatic carbocycles. The van der Waals surface area contributed by atoms with Crippen molar-refractivity contribution in [1.82, 2.24) is 14.1 Å². The second-order valence-corrected chi connectivity index (χ2v) is 5.68. The minimum Gasteiger partial charge on any atom is -0.274 e. The SMILES string of the molecule is C=C(C)CN(CC)S(=O)(=O)c1cnn(C)c1. The zero-order chi connectivity index (χ0) is 12.3. The van der Waals surface area contributed by atoms with Gasteiger partial charge in [0, 0.05) is 26.3 Å². The number of sulfonamides is 1. The molecule has 0 aliphatic carbocycles. The van der Waals surface area contributed by atoms with Gasteiger partial charge in [0.15, 0.2) is 0 Å². The summed E-state index contributed by atoms with van der Waals surface area (Å²) in [6, 6.07) is 0. The van der Waals surface area contributed by atoms with Crippen LogP contribution in [0.3, 0.4) is 0 Å². The van der Waals surface area contributed by atoms with E-state index in [9.17, 15) is 8.42 Å². The van der Waals surface area contributed by atoms with Gasteiger partial charge in [0.05, 0.1) is 6.20 Å². The van der Waals surface area contributed by atoms with Gasteiger partial charge in [0.25, 0.3) is 0 Å². The molecule has 0 N–H and O–H groups in total. The normalized spacial score (nSPS) is 12.0. The van der Waals surface area contributed by atoms with Gasteiger partial charge in [-0.05, 0) is 6.92 Å². The molecule has 0 unspecified atom stereocenters. The quantitative estimate of drug-likeness (QED) is 0.725. The van der Waals surface area contributed by atoms with E-state index in [4.69, 9.17) is 0 Å². The van der Waals surface area contributed by atoms with Crippen LogP contribution < -0.4 is 0 Å². The first-order chi connectivity index (χ1) is 7.37. The number of aromatic nitrogens is 2. The van der Waals surface area contributed by atoms with Crippen molar-refractivity contribution in [3.05, 3.63) is 24.5 Å². The molecular weight excluding hydrogens is 226 g/mol. The van der Waals surface area contributed by atoms with E-state index in [1.807, 2.05) is 0 Å². The lowest BCUT2D eigenvalue weighted by atomic mass is 10.3. The van der Waals surface area contributed by atoms with Crippen LogP contribution in [-0.4, -0.2) is 35.6 Å². The summed E-state index contributed by atoms with van der Waals surface area (Å²) in [6.45, 7) is 8.10. The molecule has 0 atom stereocenters. The molecule has 0 aliphatic heterocycles. The van der Waals surface area contributed by atoms with Crippen LogP contribution in [0.2, 0.25) is 0 Å². The van der Waals surface area contributed by atoms with E-state index in [0.717, 1.165) is 5.57 Å². The summed E-state index contributed by atoms with van der Waals surface area (Å²) in [4.78, 5) is 0.220. The smallest absolute Gasteiger partial charge is 0.246 e. The topological polar surface area (TPSA) is 55.2 Å². The number of rotatable bonds is 5. The van der Waals surface area contributed by atoms with Gasteiger partial charge in [-0.15, -0.1) is 0 Å². The van der Waals surface area contributed by atoms with Crippen LogP contribution in [0.25, 0.3) is 0 Å². The van der Waals surface area contributed by atoms with E-state index in [2.05, 4.69) is 11.7 Å². The van der Waals surface area contributed by atoms with E-state index >= 15 is 0 Å². The monoisotopic (exact) mass is 243 g/mol. The highest BCUT2D eigenvalue weighted by Crippen LogP contribution is 2.15. The number of nitrogens with zero attached hydrogens (tertiary/aromatic N) is 3. The summed E-state index contributed by atoms with van der Waals surface area (Å²) >= 11 is 0. The van der Waals surface area contributed by atoms with Gasteiger partial charge in [0.1, 0.15) is 4.90 Å². The fraction of sp³-hybridized carbons (Fsp3) is 0.500. The molecule has 0 saturated heterocycles. The molecule has 0 bridgehead atoms. The zero-order valence-corrected chi connectivity index (χ0v) is 10.7. The Balaban J connectivity index is 3.04. The van der Waals surface area contributed by atoms with Gasteiger partial charge in [-0.3, -0.25) is 4.68 Å². The maximum atomic E-state index is 12.1. The first-order valence-electron chi connectivity index (χ1n) is 5.01. The standard InChI is InChI=1S/C10H17N3O2S/c1-5-13(7-9(2)3)16(14,15)10-6-11-12(4)8-10/h6,8H,2,5,7H2,1,3-4H3. The van der Waals surface area contributed by atoms with Crippen LogP contribution in [0.15, 0.2) is 29.4 Å². The molecule has 16 heavy (non-hydrogen) atoms. The Morgan fingerprint density at radius 3 is 2.62 bits per heavy atom. The van der Waals surface area contributed by atoms with Gasteiger partial charge in [-0.1, -0.05) is 19.1 Å². The third-order valence-corrected chi connectivity index (χ3v) is 3.99. The average molecular weight is 243 g/mol. The van der Waals surface area contributed by atoms with E-state index < -0.39 is 10.0 Å². The summed E-state index contributed by atoms with van der Waals surface area (Å²) in [5, 5.41) is 3.87. The highest BCUT2D eigenvalue weighted by Gasteiger charge is 2.24. The zero-order valence-electron chi connectivity index (χ0n) is 9.84. The summed E-state index contributed by atoms with van der Waals surface area (Å²) < 4.78 is 27.1. The predicted octanol–water partition coefficient (Wildman–Crippen LogP) is 1.01. The average Bonchev–Trinajstić information content (AvgIpc) is 2.61. The molecule has 0 saturated carbocycles. The molecule has 1 aromatic rings. The van der Waals surface area contributed by atoms with Crippen molar-refractivity contribution in [3.8, 4) is 0 Å². The third-order valence-electron chi connectivity index (χ3n) is 2.12. The van der Waals surface area contributed by atoms with Crippen molar-refractivity contribution in [3.63, 3.8) is 0 Å². The second-order valence-electron chi connectivity index (χ2n) is 3.74. The summed E-state index contributed by atoms with van der Waals surface area (Å²) in [5.74, 6) is 0. The molecule has 5 nitrogen and oxygen atoms in total. The maximum Gasteiger partial charge on any atom is 0.246 e. The molecule has 0 radical (unpaired) electrons. The summed E-state index contributed by atoms with van der Waals surface area (Å²) in [7, 11) is -1.75. The highest BCUT2D eigenvalue weighted by molar-refractivity contribution is 7.89. The first-order valence-corrected chi connectivity index (χ1v) is 6.45. The van der Waals surface area contributed by atoms with E-state index in [1.165, 1.54) is 21.4 Å². The van der Waals surface area contributed by atoms with Gasteiger partial charge >= 0.3 is 0 Å². The molecule has 1 aromatic heterocycles. The molecule has 1 heterocycles. The van der Waals surface area contributed by atoms with Crippen molar-refractivity contribution >= 4 is 10.0 Å². The fourth-order valence-corrected chi connectivity index (χ4v) is 2.84. The fourth-order valence-electron chi connectivity index (χ4n) is 1.35. The molecule has 90 valence electrons. The Bertz CT molecular complexity index is 476. The van der Waals surface area contributed by atoms with E-state index in [1.54, 1.807) is 20.9 Å². The second kappa shape index (κ2) is 4.80. The highest BCUT2D eigenvalue weighted by atomic mass is 32.2. The van der Waals surface area contributed by atoms with E-state index in [0.29, 0.717) is 13.1 Å². The van der Waals surface area contributed by atoms with Gasteiger partial charge in [0.2, 0.25) is 10.0 Å². The molecule has 1 rings (SSSR count). The molecule has 0 aliphatic rings. The lowest BCUT2D eigenvalue weighted by molar-refractivity contribution is 0.453. The van der Waals surface area contributed by atoms with Crippen LogP contribution in [0.5, 0.6) is 0 Å². The Hall–Kier alpha value is -1.14. The summed E-state index contributed by atoms with van der Waals surface area (Å²) in [5.41, 5.74) is 0.814. The lowest BCUT2D eigenvalue weighted by Crippen LogP contribution is -2.32. The van der Waals surface area contributed by atoms with Gasteiger partial charge < -0.3 is 0 Å². The Morgan fingerprint density at radius 1 is 1.62 bits per heavy atom. The Labute approximate surface area is 96.4 Å². The predicted molar refractivity (Wildman–Crippen MR) is 62.5 cm³/mol. The molecule has 0 amide bonds. The van der Waals surface area contributed by atoms with Crippen LogP contribution in [0, 0.1) is 0 Å². The molecular formula is C10H17N3O2S. The van der Waals surface area contributed by atoms with Crippen LogP contribution >= 0.6 is 0 Å². The third kappa shape index (κ3) is 2.70. The number of hydrogen-bond donors (Lipinski definition) is 0. The van der Waals surface area contributed by atoms with Crippen molar-refractivity contribution in [2.75, 3.05) is 13.1 Å². The van der Waals surface area contributed by atoms with Gasteiger partial charge in [-0.25, -0.2) is 8.42 Å². The lowest BCUT2D eigenvalue weighted by Gasteiger charge is -2.19. The van der Waals surface area contributed by atoms with Crippen molar-refractivity contribution < 1.29 is 8.42 Å². The molecule has 0 fully saturated rings. The van der Waals surface area contributed by atoms with Crippen LogP contribution in [0.4, 0.5) is 0 Å². The number of likely N-dealkylation sites (N-methyl/N-ethyl adjacent to an activating group) is 1. The number of hydrogen-bond acceptors (Lipinski definition) is 3. The number of aryl methyl sites for hydroxylation is 1. The van der Waals surface area contributed by atoms with Crippen molar-refractivity contribution in [2.24, 2.45) is 7.05 Å². The molecule has 0 spiro atoms.